The lowest BCUT2D eigenvalue weighted by Gasteiger charge is -2.22. The van der Waals surface area contributed by atoms with Crippen LogP contribution in [0.25, 0.3) is 0 Å². The number of nitrogens with zero attached hydrogens (tertiary/aromatic N) is 1. The number of halogens is 3. The molecule has 156 valence electrons. The molecule has 1 aliphatic carbocycles. The molecule has 6 nitrogen and oxygen atoms in total. The molecule has 0 bridgehead atoms. The Hall–Kier alpha value is -2.62. The van der Waals surface area contributed by atoms with E-state index in [0.717, 1.165) is 37.8 Å². The SMILES string of the molecule is O=C(Cc1csc(NC(=O)NC2CCCCC2)n1)Nc1cccc(C(F)(F)F)c1. The predicted octanol–water partition coefficient (Wildman–Crippen LogP) is 4.80. The minimum atomic E-state index is -4.48. The standard InChI is InChI=1S/C19H21F3N4O2S/c20-19(21,22)12-5-4-8-14(9-12)23-16(27)10-15-11-29-18(25-15)26-17(28)24-13-6-2-1-3-7-13/h4-5,8-9,11,13H,1-3,6-7,10H2,(H,23,27)(H2,24,25,26,28). The number of thiazole rings is 1. The van der Waals surface area contributed by atoms with Crippen molar-refractivity contribution in [2.75, 3.05) is 10.6 Å². The Balaban J connectivity index is 1.50. The summed E-state index contributed by atoms with van der Waals surface area (Å²) in [5.74, 6) is -0.493. The van der Waals surface area contributed by atoms with Crippen LogP contribution in [0.2, 0.25) is 0 Å². The van der Waals surface area contributed by atoms with E-state index in [4.69, 9.17) is 0 Å². The average Bonchev–Trinajstić information content (AvgIpc) is 3.08. The van der Waals surface area contributed by atoms with Crippen LogP contribution >= 0.6 is 11.3 Å². The molecule has 2 aromatic rings. The summed E-state index contributed by atoms with van der Waals surface area (Å²) in [6.07, 6.45) is 0.741. The summed E-state index contributed by atoms with van der Waals surface area (Å²) in [7, 11) is 0. The molecule has 1 saturated carbocycles. The highest BCUT2D eigenvalue weighted by Crippen LogP contribution is 2.30. The zero-order chi connectivity index (χ0) is 20.9. The largest absolute Gasteiger partial charge is 0.416 e. The van der Waals surface area contributed by atoms with Gasteiger partial charge in [0.2, 0.25) is 5.91 Å². The topological polar surface area (TPSA) is 83.1 Å². The van der Waals surface area contributed by atoms with E-state index in [9.17, 15) is 22.8 Å². The second kappa shape index (κ2) is 9.25. The minimum Gasteiger partial charge on any atom is -0.335 e. The van der Waals surface area contributed by atoms with Gasteiger partial charge in [-0.3, -0.25) is 10.1 Å². The maximum absolute atomic E-state index is 12.7. The van der Waals surface area contributed by atoms with E-state index in [1.54, 1.807) is 5.38 Å². The fourth-order valence-corrected chi connectivity index (χ4v) is 3.86. The first kappa shape index (κ1) is 21.1. The number of carbonyl (C=O) groups excluding carboxylic acids is 2. The van der Waals surface area contributed by atoms with E-state index in [0.29, 0.717) is 10.8 Å². The number of amides is 3. The maximum atomic E-state index is 12.7. The Morgan fingerprint density at radius 1 is 1.14 bits per heavy atom. The third kappa shape index (κ3) is 6.45. The van der Waals surface area contributed by atoms with Crippen LogP contribution < -0.4 is 16.0 Å². The van der Waals surface area contributed by atoms with Gasteiger partial charge in [0.15, 0.2) is 5.13 Å². The minimum absolute atomic E-state index is 0.0604. The Bertz CT molecular complexity index is 863. The molecule has 1 aromatic heterocycles. The Morgan fingerprint density at radius 3 is 2.62 bits per heavy atom. The molecule has 0 spiro atoms. The van der Waals surface area contributed by atoms with Gasteiger partial charge in [-0.05, 0) is 31.0 Å². The Labute approximate surface area is 169 Å². The summed E-state index contributed by atoms with van der Waals surface area (Å²) in [4.78, 5) is 28.3. The third-order valence-electron chi connectivity index (χ3n) is 4.53. The second-order valence-corrected chi connectivity index (χ2v) is 7.74. The highest BCUT2D eigenvalue weighted by atomic mass is 32.1. The lowest BCUT2D eigenvalue weighted by Crippen LogP contribution is -2.39. The average molecular weight is 426 g/mol. The summed E-state index contributed by atoms with van der Waals surface area (Å²) >= 11 is 1.18. The molecule has 1 aromatic carbocycles. The predicted molar refractivity (Wildman–Crippen MR) is 105 cm³/mol. The van der Waals surface area contributed by atoms with Crippen LogP contribution in [0.3, 0.4) is 0 Å². The fraction of sp³-hybridized carbons (Fsp3) is 0.421. The van der Waals surface area contributed by atoms with Crippen LogP contribution in [0, 0.1) is 0 Å². The molecule has 29 heavy (non-hydrogen) atoms. The van der Waals surface area contributed by atoms with Crippen molar-refractivity contribution in [3.63, 3.8) is 0 Å². The molecule has 0 atom stereocenters. The summed E-state index contributed by atoms with van der Waals surface area (Å²) < 4.78 is 38.2. The fourth-order valence-electron chi connectivity index (χ4n) is 3.15. The molecule has 1 heterocycles. The number of hydrogen-bond acceptors (Lipinski definition) is 4. The maximum Gasteiger partial charge on any atom is 0.416 e. The monoisotopic (exact) mass is 426 g/mol. The lowest BCUT2D eigenvalue weighted by molar-refractivity contribution is -0.137. The van der Waals surface area contributed by atoms with E-state index in [2.05, 4.69) is 20.9 Å². The number of benzene rings is 1. The lowest BCUT2D eigenvalue weighted by atomic mass is 9.96. The normalized spacial score (nSPS) is 15.0. The summed E-state index contributed by atoms with van der Waals surface area (Å²) in [6.45, 7) is 0. The van der Waals surface area contributed by atoms with E-state index in [1.807, 2.05) is 0 Å². The molecule has 0 radical (unpaired) electrons. The molecule has 1 aliphatic rings. The van der Waals surface area contributed by atoms with E-state index in [-0.39, 0.29) is 24.2 Å². The molecule has 3 rings (SSSR count). The van der Waals surface area contributed by atoms with Crippen LogP contribution in [0.4, 0.5) is 28.8 Å². The number of urea groups is 1. The van der Waals surface area contributed by atoms with Crippen molar-refractivity contribution in [3.8, 4) is 0 Å². The first-order valence-corrected chi connectivity index (χ1v) is 10.2. The number of rotatable bonds is 5. The van der Waals surface area contributed by atoms with Crippen molar-refractivity contribution in [2.45, 2.75) is 50.7 Å². The second-order valence-electron chi connectivity index (χ2n) is 6.88. The third-order valence-corrected chi connectivity index (χ3v) is 5.33. The zero-order valence-corrected chi connectivity index (χ0v) is 16.3. The number of hydrogen-bond donors (Lipinski definition) is 3. The van der Waals surface area contributed by atoms with Gasteiger partial charge in [0.1, 0.15) is 0 Å². The van der Waals surface area contributed by atoms with Gasteiger partial charge in [0.25, 0.3) is 0 Å². The highest BCUT2D eigenvalue weighted by molar-refractivity contribution is 7.13. The van der Waals surface area contributed by atoms with Gasteiger partial charge in [-0.25, -0.2) is 9.78 Å². The number of carbonyl (C=O) groups is 2. The number of anilines is 2. The van der Waals surface area contributed by atoms with Gasteiger partial charge in [-0.15, -0.1) is 11.3 Å². The van der Waals surface area contributed by atoms with Crippen LogP contribution in [0.5, 0.6) is 0 Å². The molecular formula is C19H21F3N4O2S. The van der Waals surface area contributed by atoms with Gasteiger partial charge in [-0.2, -0.15) is 13.2 Å². The molecule has 0 aliphatic heterocycles. The summed E-state index contributed by atoms with van der Waals surface area (Å²) in [5, 5.41) is 9.99. The first-order chi connectivity index (χ1) is 13.8. The number of nitrogens with one attached hydrogen (secondary N) is 3. The molecular weight excluding hydrogens is 405 g/mol. The van der Waals surface area contributed by atoms with E-state index >= 15 is 0 Å². The van der Waals surface area contributed by atoms with Crippen molar-refractivity contribution >= 4 is 34.1 Å². The van der Waals surface area contributed by atoms with Crippen molar-refractivity contribution in [2.24, 2.45) is 0 Å². The van der Waals surface area contributed by atoms with Crippen molar-refractivity contribution in [3.05, 3.63) is 40.9 Å². The van der Waals surface area contributed by atoms with Crippen molar-refractivity contribution in [1.29, 1.82) is 0 Å². The first-order valence-electron chi connectivity index (χ1n) is 9.28. The van der Waals surface area contributed by atoms with Gasteiger partial charge >= 0.3 is 12.2 Å². The van der Waals surface area contributed by atoms with Gasteiger partial charge in [-0.1, -0.05) is 25.3 Å². The molecule has 10 heteroatoms. The van der Waals surface area contributed by atoms with Crippen molar-refractivity contribution < 1.29 is 22.8 Å². The smallest absolute Gasteiger partial charge is 0.335 e. The highest BCUT2D eigenvalue weighted by Gasteiger charge is 2.30. The Kier molecular flexibility index (Phi) is 6.73. The van der Waals surface area contributed by atoms with Crippen LogP contribution in [-0.4, -0.2) is 23.0 Å². The quantitative estimate of drug-likeness (QED) is 0.642. The molecule has 3 amide bonds. The van der Waals surface area contributed by atoms with Crippen LogP contribution in [0.1, 0.15) is 43.4 Å². The molecule has 0 unspecified atom stereocenters. The van der Waals surface area contributed by atoms with Crippen LogP contribution in [0.15, 0.2) is 29.6 Å². The van der Waals surface area contributed by atoms with E-state index in [1.165, 1.54) is 29.9 Å². The van der Waals surface area contributed by atoms with Gasteiger partial charge < -0.3 is 10.6 Å². The van der Waals surface area contributed by atoms with Gasteiger partial charge in [0, 0.05) is 17.1 Å². The zero-order valence-electron chi connectivity index (χ0n) is 15.5. The molecule has 1 fully saturated rings. The molecule has 3 N–H and O–H groups in total. The van der Waals surface area contributed by atoms with Crippen LogP contribution in [-0.2, 0) is 17.4 Å². The summed E-state index contributed by atoms with van der Waals surface area (Å²) in [6, 6.07) is 4.27. The number of aromatic nitrogens is 1. The van der Waals surface area contributed by atoms with E-state index < -0.39 is 17.6 Å². The Morgan fingerprint density at radius 2 is 1.90 bits per heavy atom. The number of alkyl halides is 3. The summed E-state index contributed by atoms with van der Waals surface area (Å²) in [5.41, 5.74) is -0.350. The molecule has 0 saturated heterocycles. The van der Waals surface area contributed by atoms with Gasteiger partial charge in [0.05, 0.1) is 17.7 Å². The van der Waals surface area contributed by atoms with Crippen molar-refractivity contribution in [1.82, 2.24) is 10.3 Å².